The van der Waals surface area contributed by atoms with Gasteiger partial charge in [-0.1, -0.05) is 30.3 Å². The summed E-state index contributed by atoms with van der Waals surface area (Å²) in [7, 11) is 0. The van der Waals surface area contributed by atoms with Crippen molar-refractivity contribution in [2.75, 3.05) is 12.3 Å². The van der Waals surface area contributed by atoms with Crippen LogP contribution >= 0.6 is 0 Å². The Morgan fingerprint density at radius 2 is 1.94 bits per heavy atom. The SMILES string of the molecule is Nc1cccc(-c2cccc3c2CNCC3)c1. The number of nitrogens with two attached hydrogens (primary N) is 1. The van der Waals surface area contributed by atoms with Crippen molar-refractivity contribution >= 4 is 5.69 Å². The quantitative estimate of drug-likeness (QED) is 0.731. The molecule has 86 valence electrons. The number of rotatable bonds is 1. The van der Waals surface area contributed by atoms with Crippen molar-refractivity contribution in [1.29, 1.82) is 0 Å². The van der Waals surface area contributed by atoms with Gasteiger partial charge in [-0.15, -0.1) is 0 Å². The lowest BCUT2D eigenvalue weighted by atomic mass is 9.92. The molecule has 0 fully saturated rings. The van der Waals surface area contributed by atoms with E-state index in [0.717, 1.165) is 25.2 Å². The van der Waals surface area contributed by atoms with E-state index in [4.69, 9.17) is 5.73 Å². The zero-order valence-corrected chi connectivity index (χ0v) is 9.74. The number of nitrogen functional groups attached to an aromatic ring is 1. The van der Waals surface area contributed by atoms with Crippen LogP contribution < -0.4 is 11.1 Å². The second-order valence-electron chi connectivity index (χ2n) is 4.50. The van der Waals surface area contributed by atoms with Gasteiger partial charge in [-0.2, -0.15) is 0 Å². The molecule has 0 amide bonds. The molecule has 2 heteroatoms. The molecule has 0 spiro atoms. The molecular weight excluding hydrogens is 208 g/mol. The molecule has 3 rings (SSSR count). The number of benzene rings is 2. The van der Waals surface area contributed by atoms with Crippen LogP contribution in [0.2, 0.25) is 0 Å². The van der Waals surface area contributed by atoms with Crippen LogP contribution in [-0.2, 0) is 13.0 Å². The van der Waals surface area contributed by atoms with E-state index >= 15 is 0 Å². The largest absolute Gasteiger partial charge is 0.399 e. The van der Waals surface area contributed by atoms with Gasteiger partial charge in [-0.05, 0) is 47.4 Å². The van der Waals surface area contributed by atoms with Gasteiger partial charge in [0.15, 0.2) is 0 Å². The van der Waals surface area contributed by atoms with Crippen molar-refractivity contribution in [3.8, 4) is 11.1 Å². The summed E-state index contributed by atoms with van der Waals surface area (Å²) in [6, 6.07) is 14.7. The molecule has 1 aliphatic heterocycles. The summed E-state index contributed by atoms with van der Waals surface area (Å²) in [5.41, 5.74) is 12.1. The molecule has 2 aromatic carbocycles. The molecule has 2 nitrogen and oxygen atoms in total. The summed E-state index contributed by atoms with van der Waals surface area (Å²) in [5, 5.41) is 3.43. The van der Waals surface area contributed by atoms with E-state index in [9.17, 15) is 0 Å². The van der Waals surface area contributed by atoms with Gasteiger partial charge in [0.2, 0.25) is 0 Å². The fraction of sp³-hybridized carbons (Fsp3) is 0.200. The van der Waals surface area contributed by atoms with Crippen LogP contribution in [-0.4, -0.2) is 6.54 Å². The van der Waals surface area contributed by atoms with Crippen molar-refractivity contribution < 1.29 is 0 Å². The van der Waals surface area contributed by atoms with Crippen molar-refractivity contribution in [3.63, 3.8) is 0 Å². The summed E-state index contributed by atoms with van der Waals surface area (Å²) < 4.78 is 0. The van der Waals surface area contributed by atoms with Gasteiger partial charge in [0.05, 0.1) is 0 Å². The molecule has 0 unspecified atom stereocenters. The predicted molar refractivity (Wildman–Crippen MR) is 71.7 cm³/mol. The first-order chi connectivity index (χ1) is 8.34. The summed E-state index contributed by atoms with van der Waals surface area (Å²) in [5.74, 6) is 0. The second-order valence-corrected chi connectivity index (χ2v) is 4.50. The lowest BCUT2D eigenvalue weighted by molar-refractivity contribution is 0.645. The number of anilines is 1. The van der Waals surface area contributed by atoms with E-state index in [1.807, 2.05) is 18.2 Å². The molecule has 0 saturated heterocycles. The molecule has 3 N–H and O–H groups in total. The maximum atomic E-state index is 5.86. The molecule has 0 atom stereocenters. The summed E-state index contributed by atoms with van der Waals surface area (Å²) in [6.45, 7) is 2.04. The van der Waals surface area contributed by atoms with Gasteiger partial charge in [0, 0.05) is 12.2 Å². The minimum absolute atomic E-state index is 0.823. The van der Waals surface area contributed by atoms with Crippen LogP contribution in [0.4, 0.5) is 5.69 Å². The Morgan fingerprint density at radius 3 is 2.82 bits per heavy atom. The Balaban J connectivity index is 2.14. The molecule has 1 aliphatic rings. The first-order valence-electron chi connectivity index (χ1n) is 6.02. The third-order valence-electron chi connectivity index (χ3n) is 3.34. The van der Waals surface area contributed by atoms with E-state index < -0.39 is 0 Å². The molecule has 0 aromatic heterocycles. The predicted octanol–water partition coefficient (Wildman–Crippen LogP) is 2.58. The Labute approximate surface area is 101 Å². The van der Waals surface area contributed by atoms with E-state index in [1.165, 1.54) is 22.3 Å². The highest BCUT2D eigenvalue weighted by Gasteiger charge is 2.13. The lowest BCUT2D eigenvalue weighted by Gasteiger charge is -2.20. The average Bonchev–Trinajstić information content (AvgIpc) is 2.38. The van der Waals surface area contributed by atoms with E-state index in [1.54, 1.807) is 0 Å². The fourth-order valence-electron chi connectivity index (χ4n) is 2.49. The van der Waals surface area contributed by atoms with E-state index in [0.29, 0.717) is 0 Å². The van der Waals surface area contributed by atoms with Gasteiger partial charge in [-0.25, -0.2) is 0 Å². The molecular formula is C15H16N2. The van der Waals surface area contributed by atoms with Crippen molar-refractivity contribution in [3.05, 3.63) is 53.6 Å². The fourth-order valence-corrected chi connectivity index (χ4v) is 2.49. The third-order valence-corrected chi connectivity index (χ3v) is 3.34. The van der Waals surface area contributed by atoms with E-state index in [-0.39, 0.29) is 0 Å². The van der Waals surface area contributed by atoms with Gasteiger partial charge in [-0.3, -0.25) is 0 Å². The Bertz CT molecular complexity index is 546. The van der Waals surface area contributed by atoms with Crippen LogP contribution in [0.15, 0.2) is 42.5 Å². The van der Waals surface area contributed by atoms with Gasteiger partial charge in [0.1, 0.15) is 0 Å². The maximum absolute atomic E-state index is 5.86. The summed E-state index contributed by atoms with van der Waals surface area (Å²) >= 11 is 0. The zero-order valence-electron chi connectivity index (χ0n) is 9.74. The second kappa shape index (κ2) is 4.22. The lowest BCUT2D eigenvalue weighted by Crippen LogP contribution is -2.24. The van der Waals surface area contributed by atoms with Gasteiger partial charge in [0.25, 0.3) is 0 Å². The maximum Gasteiger partial charge on any atom is 0.0320 e. The third kappa shape index (κ3) is 1.92. The van der Waals surface area contributed by atoms with Gasteiger partial charge < -0.3 is 11.1 Å². The normalized spacial score (nSPS) is 14.4. The summed E-state index contributed by atoms with van der Waals surface area (Å²) in [4.78, 5) is 0. The highest BCUT2D eigenvalue weighted by atomic mass is 14.9. The Kier molecular flexibility index (Phi) is 2.57. The zero-order chi connectivity index (χ0) is 11.7. The first-order valence-corrected chi connectivity index (χ1v) is 6.02. The van der Waals surface area contributed by atoms with Crippen molar-refractivity contribution in [2.24, 2.45) is 0 Å². The van der Waals surface area contributed by atoms with E-state index in [2.05, 4.69) is 29.6 Å². The highest BCUT2D eigenvalue weighted by Crippen LogP contribution is 2.29. The van der Waals surface area contributed by atoms with Crippen LogP contribution in [0.3, 0.4) is 0 Å². The number of fused-ring (bicyclic) bond motifs is 1. The number of hydrogen-bond donors (Lipinski definition) is 2. The highest BCUT2D eigenvalue weighted by molar-refractivity contribution is 5.71. The topological polar surface area (TPSA) is 38.0 Å². The smallest absolute Gasteiger partial charge is 0.0320 e. The van der Waals surface area contributed by atoms with Crippen LogP contribution in [0.5, 0.6) is 0 Å². The molecule has 0 aliphatic carbocycles. The number of hydrogen-bond acceptors (Lipinski definition) is 2. The minimum atomic E-state index is 0.823. The molecule has 2 aromatic rings. The standard InChI is InChI=1S/C15H16N2/c16-13-5-1-4-12(9-13)14-6-2-3-11-7-8-17-10-15(11)14/h1-6,9,17H,7-8,10,16H2. The molecule has 0 bridgehead atoms. The summed E-state index contributed by atoms with van der Waals surface area (Å²) in [6.07, 6.45) is 1.12. The molecule has 0 radical (unpaired) electrons. The molecule has 17 heavy (non-hydrogen) atoms. The molecule has 1 heterocycles. The average molecular weight is 224 g/mol. The van der Waals surface area contributed by atoms with Gasteiger partial charge >= 0.3 is 0 Å². The van der Waals surface area contributed by atoms with Crippen LogP contribution in [0.1, 0.15) is 11.1 Å². The number of nitrogens with one attached hydrogen (secondary N) is 1. The molecule has 0 saturated carbocycles. The van der Waals surface area contributed by atoms with Crippen molar-refractivity contribution in [2.45, 2.75) is 13.0 Å². The first kappa shape index (κ1) is 10.4. The van der Waals surface area contributed by atoms with Crippen LogP contribution in [0.25, 0.3) is 11.1 Å². The monoisotopic (exact) mass is 224 g/mol. The van der Waals surface area contributed by atoms with Crippen LogP contribution in [0, 0.1) is 0 Å². The Hall–Kier alpha value is -1.80. The Morgan fingerprint density at radius 1 is 1.06 bits per heavy atom. The minimum Gasteiger partial charge on any atom is -0.399 e. The van der Waals surface area contributed by atoms with Crippen molar-refractivity contribution in [1.82, 2.24) is 5.32 Å².